The fourth-order valence-electron chi connectivity index (χ4n) is 3.25. The first kappa shape index (κ1) is 20.0. The molecule has 0 saturated heterocycles. The van der Waals surface area contributed by atoms with Crippen LogP contribution in [0, 0.1) is 13.8 Å². The molecule has 2 aromatic carbocycles. The fourth-order valence-corrected chi connectivity index (χ4v) is 3.25. The Morgan fingerprint density at radius 1 is 1.13 bits per heavy atom. The monoisotopic (exact) mass is 416 g/mol. The molecule has 0 fully saturated rings. The third-order valence-corrected chi connectivity index (χ3v) is 4.79. The van der Waals surface area contributed by atoms with Gasteiger partial charge in [0.1, 0.15) is 23.5 Å². The molecular weight excluding hydrogens is 396 g/mol. The standard InChI is InChI=1S/C22H20N6O3/c1-14-20-21(28(26-14)17-9-4-3-5-10-17)24-15(2)27(22(20)31)13-19(30)25-23-12-16-8-6-7-11-18(16)29/h3-12,29H,13H2,1-2H3,(H,25,30)/b23-12+. The Labute approximate surface area is 177 Å². The zero-order valence-electron chi connectivity index (χ0n) is 17.0. The van der Waals surface area contributed by atoms with Crippen molar-refractivity contribution >= 4 is 23.2 Å². The van der Waals surface area contributed by atoms with Crippen molar-refractivity contribution in [3.63, 3.8) is 0 Å². The number of carbonyl (C=O) groups is 1. The summed E-state index contributed by atoms with van der Waals surface area (Å²) in [4.78, 5) is 30.0. The van der Waals surface area contributed by atoms with Gasteiger partial charge in [-0.1, -0.05) is 30.3 Å². The zero-order chi connectivity index (χ0) is 22.0. The molecule has 4 rings (SSSR count). The summed E-state index contributed by atoms with van der Waals surface area (Å²) in [7, 11) is 0. The van der Waals surface area contributed by atoms with Gasteiger partial charge in [-0.05, 0) is 38.1 Å². The number of nitrogens with one attached hydrogen (secondary N) is 1. The maximum Gasteiger partial charge on any atom is 0.265 e. The quantitative estimate of drug-likeness (QED) is 0.382. The zero-order valence-corrected chi connectivity index (χ0v) is 17.0. The van der Waals surface area contributed by atoms with Crippen LogP contribution in [0.15, 0.2) is 64.5 Å². The number of fused-ring (bicyclic) bond motifs is 1. The molecule has 0 atom stereocenters. The maximum atomic E-state index is 13.1. The predicted octanol–water partition coefficient (Wildman–Crippen LogP) is 2.05. The highest BCUT2D eigenvalue weighted by atomic mass is 16.3. The molecule has 0 spiro atoms. The van der Waals surface area contributed by atoms with Crippen molar-refractivity contribution in [2.24, 2.45) is 5.10 Å². The number of phenolic OH excluding ortho intramolecular Hbond substituents is 1. The van der Waals surface area contributed by atoms with Crippen LogP contribution in [0.1, 0.15) is 17.1 Å². The largest absolute Gasteiger partial charge is 0.507 e. The number of amides is 1. The van der Waals surface area contributed by atoms with Gasteiger partial charge >= 0.3 is 0 Å². The van der Waals surface area contributed by atoms with E-state index in [9.17, 15) is 14.7 Å². The second-order valence-corrected chi connectivity index (χ2v) is 6.93. The van der Waals surface area contributed by atoms with E-state index in [1.54, 1.807) is 36.7 Å². The summed E-state index contributed by atoms with van der Waals surface area (Å²) in [5, 5.41) is 18.4. The normalized spacial score (nSPS) is 11.3. The molecule has 9 heteroatoms. The molecular formula is C22H20N6O3. The fraction of sp³-hybridized carbons (Fsp3) is 0.136. The lowest BCUT2D eigenvalue weighted by molar-refractivity contribution is -0.121. The number of aromatic nitrogens is 4. The SMILES string of the molecule is Cc1nn(-c2ccccc2)c2nc(C)n(CC(=O)N/N=C/c3ccccc3O)c(=O)c12. The van der Waals surface area contributed by atoms with Gasteiger partial charge in [0.15, 0.2) is 5.65 Å². The van der Waals surface area contributed by atoms with E-state index in [1.165, 1.54) is 16.8 Å². The summed E-state index contributed by atoms with van der Waals surface area (Å²) in [5.41, 5.74) is 4.25. The van der Waals surface area contributed by atoms with Gasteiger partial charge in [0.25, 0.3) is 11.5 Å². The van der Waals surface area contributed by atoms with Crippen LogP contribution in [-0.2, 0) is 11.3 Å². The van der Waals surface area contributed by atoms with Crippen molar-refractivity contribution in [1.82, 2.24) is 24.8 Å². The summed E-state index contributed by atoms with van der Waals surface area (Å²) >= 11 is 0. The molecule has 0 saturated carbocycles. The molecule has 0 unspecified atom stereocenters. The third kappa shape index (κ3) is 3.93. The molecule has 4 aromatic rings. The molecule has 156 valence electrons. The summed E-state index contributed by atoms with van der Waals surface area (Å²) in [6, 6.07) is 16.0. The number of aromatic hydroxyl groups is 1. The van der Waals surface area contributed by atoms with E-state index in [4.69, 9.17) is 0 Å². The maximum absolute atomic E-state index is 13.1. The van der Waals surface area contributed by atoms with Crippen molar-refractivity contribution < 1.29 is 9.90 Å². The number of phenols is 1. The van der Waals surface area contributed by atoms with Crippen LogP contribution in [0.5, 0.6) is 5.75 Å². The molecule has 1 amide bonds. The molecule has 0 bridgehead atoms. The first-order valence-electron chi connectivity index (χ1n) is 9.58. The number of nitrogens with zero attached hydrogens (tertiary/aromatic N) is 5. The molecule has 0 aliphatic carbocycles. The number of carbonyl (C=O) groups excluding carboxylic acids is 1. The van der Waals surface area contributed by atoms with Gasteiger partial charge in [-0.25, -0.2) is 15.1 Å². The van der Waals surface area contributed by atoms with Gasteiger partial charge in [-0.2, -0.15) is 10.2 Å². The minimum atomic E-state index is -0.494. The number of aryl methyl sites for hydroxylation is 2. The van der Waals surface area contributed by atoms with Gasteiger partial charge in [0.05, 0.1) is 17.6 Å². The highest BCUT2D eigenvalue weighted by Gasteiger charge is 2.18. The Hall–Kier alpha value is -4.27. The number of hydrogen-bond acceptors (Lipinski definition) is 6. The smallest absolute Gasteiger partial charge is 0.265 e. The highest BCUT2D eigenvalue weighted by molar-refractivity contribution is 5.85. The van der Waals surface area contributed by atoms with E-state index < -0.39 is 5.91 Å². The average Bonchev–Trinajstić information content (AvgIpc) is 3.09. The number of hydrazone groups is 1. The predicted molar refractivity (Wildman–Crippen MR) is 116 cm³/mol. The Morgan fingerprint density at radius 2 is 1.84 bits per heavy atom. The molecule has 31 heavy (non-hydrogen) atoms. The molecule has 2 aromatic heterocycles. The average molecular weight is 416 g/mol. The summed E-state index contributed by atoms with van der Waals surface area (Å²) < 4.78 is 2.91. The summed E-state index contributed by atoms with van der Waals surface area (Å²) in [6.45, 7) is 3.15. The minimum absolute atomic E-state index is 0.0492. The Morgan fingerprint density at radius 3 is 2.58 bits per heavy atom. The van der Waals surface area contributed by atoms with E-state index in [2.05, 4.69) is 20.6 Å². The van der Waals surface area contributed by atoms with Crippen LogP contribution in [0.25, 0.3) is 16.7 Å². The second-order valence-electron chi connectivity index (χ2n) is 6.93. The molecule has 2 heterocycles. The van der Waals surface area contributed by atoms with Gasteiger partial charge in [-0.15, -0.1) is 0 Å². The summed E-state index contributed by atoms with van der Waals surface area (Å²) in [6.07, 6.45) is 1.33. The van der Waals surface area contributed by atoms with Crippen LogP contribution in [0.2, 0.25) is 0 Å². The molecule has 9 nitrogen and oxygen atoms in total. The lowest BCUT2D eigenvalue weighted by Crippen LogP contribution is -2.32. The van der Waals surface area contributed by atoms with Gasteiger partial charge < -0.3 is 5.11 Å². The van der Waals surface area contributed by atoms with Crippen molar-refractivity contribution in [1.29, 1.82) is 0 Å². The summed E-state index contributed by atoms with van der Waals surface area (Å²) in [5.74, 6) is -0.0614. The van der Waals surface area contributed by atoms with Crippen LogP contribution < -0.4 is 11.0 Å². The number of rotatable bonds is 5. The van der Waals surface area contributed by atoms with Crippen molar-refractivity contribution in [3.8, 4) is 11.4 Å². The van der Waals surface area contributed by atoms with E-state index >= 15 is 0 Å². The number of hydrogen-bond donors (Lipinski definition) is 2. The Bertz CT molecular complexity index is 1360. The number of benzene rings is 2. The van der Waals surface area contributed by atoms with Crippen LogP contribution in [-0.4, -0.2) is 36.6 Å². The van der Waals surface area contributed by atoms with E-state index in [0.29, 0.717) is 28.1 Å². The van der Waals surface area contributed by atoms with Gasteiger partial charge in [-0.3, -0.25) is 14.2 Å². The van der Waals surface area contributed by atoms with Crippen molar-refractivity contribution in [2.45, 2.75) is 20.4 Å². The van der Waals surface area contributed by atoms with Gasteiger partial charge in [0.2, 0.25) is 0 Å². The molecule has 0 aliphatic rings. The first-order chi connectivity index (χ1) is 15.0. The molecule has 0 aliphatic heterocycles. The van der Waals surface area contributed by atoms with E-state index in [-0.39, 0.29) is 17.9 Å². The van der Waals surface area contributed by atoms with Crippen LogP contribution >= 0.6 is 0 Å². The Kier molecular flexibility index (Phi) is 5.31. The Balaban J connectivity index is 1.61. The van der Waals surface area contributed by atoms with E-state index in [1.807, 2.05) is 30.3 Å². The minimum Gasteiger partial charge on any atom is -0.507 e. The topological polar surface area (TPSA) is 114 Å². The van der Waals surface area contributed by atoms with E-state index in [0.717, 1.165) is 5.69 Å². The number of para-hydroxylation sites is 2. The molecule has 0 radical (unpaired) electrons. The third-order valence-electron chi connectivity index (χ3n) is 4.79. The van der Waals surface area contributed by atoms with Gasteiger partial charge in [0, 0.05) is 5.56 Å². The van der Waals surface area contributed by atoms with Crippen molar-refractivity contribution in [2.75, 3.05) is 0 Å². The molecule has 2 N–H and O–H groups in total. The highest BCUT2D eigenvalue weighted by Crippen LogP contribution is 2.17. The second kappa shape index (κ2) is 8.23. The van der Waals surface area contributed by atoms with Crippen molar-refractivity contribution in [3.05, 3.63) is 82.0 Å². The lowest BCUT2D eigenvalue weighted by Gasteiger charge is -2.09. The lowest BCUT2D eigenvalue weighted by atomic mass is 10.2. The van der Waals surface area contributed by atoms with Crippen LogP contribution in [0.4, 0.5) is 0 Å². The van der Waals surface area contributed by atoms with Crippen LogP contribution in [0.3, 0.4) is 0 Å². The first-order valence-corrected chi connectivity index (χ1v) is 9.58.